The molecule has 2 heteroatoms. The van der Waals surface area contributed by atoms with Gasteiger partial charge in [-0.25, -0.2) is 0 Å². The van der Waals surface area contributed by atoms with Crippen molar-refractivity contribution in [2.75, 3.05) is 6.61 Å². The summed E-state index contributed by atoms with van der Waals surface area (Å²) < 4.78 is 10.1. The minimum absolute atomic E-state index is 0.583. The fourth-order valence-corrected chi connectivity index (χ4v) is 1.95. The van der Waals surface area contributed by atoms with Crippen molar-refractivity contribution in [3.05, 3.63) is 0 Å². The highest BCUT2D eigenvalue weighted by atomic mass is 16.6. The van der Waals surface area contributed by atoms with Crippen LogP contribution in [0.3, 0.4) is 0 Å². The van der Waals surface area contributed by atoms with Gasteiger partial charge in [-0.2, -0.15) is 0 Å². The topological polar surface area (TPSA) is 25.1 Å². The molecule has 0 aromatic rings. The summed E-state index contributed by atoms with van der Waals surface area (Å²) >= 11 is 0. The second-order valence-corrected chi connectivity index (χ2v) is 4.44. The zero-order chi connectivity index (χ0) is 9.26. The predicted octanol–water partition coefficient (Wildman–Crippen LogP) is 2.37. The maximum absolute atomic E-state index is 5.41. The normalized spacial score (nSPS) is 45.7. The molecule has 0 aromatic heterocycles. The molecule has 0 spiro atoms. The van der Waals surface area contributed by atoms with Crippen molar-refractivity contribution < 1.29 is 9.47 Å². The standard InChI is InChI=1S/C8H14O.C3H6O/c1-2-6-3-4-7-8(5-6)9-7;1-3-2-4-3/h6-8H,2-5H2,1H3;3H,2H2,1H3. The fraction of sp³-hybridized carbons (Fsp3) is 1.00. The van der Waals surface area contributed by atoms with E-state index >= 15 is 0 Å². The maximum Gasteiger partial charge on any atom is 0.0844 e. The summed E-state index contributed by atoms with van der Waals surface area (Å²) in [4.78, 5) is 0. The molecule has 3 rings (SSSR count). The zero-order valence-corrected chi connectivity index (χ0v) is 8.66. The highest BCUT2D eigenvalue weighted by Gasteiger charge is 2.43. The van der Waals surface area contributed by atoms with Crippen LogP contribution in [-0.4, -0.2) is 24.9 Å². The van der Waals surface area contributed by atoms with Crippen LogP contribution in [0.1, 0.15) is 39.5 Å². The summed E-state index contributed by atoms with van der Waals surface area (Å²) in [6.07, 6.45) is 7.41. The van der Waals surface area contributed by atoms with Crippen molar-refractivity contribution in [3.63, 3.8) is 0 Å². The minimum Gasteiger partial charge on any atom is -0.373 e. The Balaban J connectivity index is 0.000000137. The minimum atomic E-state index is 0.583. The Hall–Kier alpha value is -0.0800. The highest BCUT2D eigenvalue weighted by Crippen LogP contribution is 2.40. The van der Waals surface area contributed by atoms with E-state index in [9.17, 15) is 0 Å². The third-order valence-electron chi connectivity index (χ3n) is 3.19. The summed E-state index contributed by atoms with van der Waals surface area (Å²) in [5, 5.41) is 0. The van der Waals surface area contributed by atoms with Crippen LogP contribution in [0.2, 0.25) is 0 Å². The largest absolute Gasteiger partial charge is 0.373 e. The molecule has 2 nitrogen and oxygen atoms in total. The van der Waals surface area contributed by atoms with Crippen molar-refractivity contribution >= 4 is 0 Å². The van der Waals surface area contributed by atoms with Crippen LogP contribution in [0, 0.1) is 5.92 Å². The van der Waals surface area contributed by atoms with Crippen LogP contribution in [0.4, 0.5) is 0 Å². The van der Waals surface area contributed by atoms with E-state index in [2.05, 4.69) is 13.8 Å². The van der Waals surface area contributed by atoms with Crippen molar-refractivity contribution in [2.24, 2.45) is 5.92 Å². The molecule has 0 bridgehead atoms. The summed E-state index contributed by atoms with van der Waals surface area (Å²) in [5.41, 5.74) is 0. The lowest BCUT2D eigenvalue weighted by molar-refractivity contribution is 0.357. The molecule has 4 atom stereocenters. The van der Waals surface area contributed by atoms with Gasteiger partial charge in [0.15, 0.2) is 0 Å². The van der Waals surface area contributed by atoms with E-state index in [1.54, 1.807) is 0 Å². The first-order valence-corrected chi connectivity index (χ1v) is 5.56. The molecule has 3 aliphatic rings. The van der Waals surface area contributed by atoms with Crippen LogP contribution in [0.5, 0.6) is 0 Å². The number of hydrogen-bond acceptors (Lipinski definition) is 2. The van der Waals surface area contributed by atoms with E-state index in [-0.39, 0.29) is 0 Å². The molecule has 0 aromatic carbocycles. The molecule has 0 radical (unpaired) electrons. The van der Waals surface area contributed by atoms with Gasteiger partial charge in [0.25, 0.3) is 0 Å². The van der Waals surface area contributed by atoms with Gasteiger partial charge in [0.1, 0.15) is 0 Å². The molecule has 0 amide bonds. The van der Waals surface area contributed by atoms with Gasteiger partial charge in [0.2, 0.25) is 0 Å². The molecule has 13 heavy (non-hydrogen) atoms. The number of fused-ring (bicyclic) bond motifs is 1. The molecule has 2 aliphatic heterocycles. The average molecular weight is 184 g/mol. The molecule has 2 heterocycles. The van der Waals surface area contributed by atoms with Crippen LogP contribution in [-0.2, 0) is 9.47 Å². The van der Waals surface area contributed by atoms with E-state index in [0.29, 0.717) is 18.3 Å². The third-order valence-corrected chi connectivity index (χ3v) is 3.19. The SMILES string of the molecule is CC1CO1.CCC1CCC2OC2C1. The first-order chi connectivity index (χ1) is 6.29. The first kappa shape index (κ1) is 9.47. The predicted molar refractivity (Wildman–Crippen MR) is 51.7 cm³/mol. The second kappa shape index (κ2) is 3.97. The molecule has 1 aliphatic carbocycles. The van der Waals surface area contributed by atoms with E-state index in [0.717, 1.165) is 12.5 Å². The summed E-state index contributed by atoms with van der Waals surface area (Å²) in [6.45, 7) is 5.33. The van der Waals surface area contributed by atoms with Gasteiger partial charge < -0.3 is 9.47 Å². The van der Waals surface area contributed by atoms with Gasteiger partial charge in [-0.15, -0.1) is 0 Å². The molecular formula is C11H20O2. The van der Waals surface area contributed by atoms with Crippen LogP contribution >= 0.6 is 0 Å². The smallest absolute Gasteiger partial charge is 0.0844 e. The monoisotopic (exact) mass is 184 g/mol. The summed E-state index contributed by atoms with van der Waals surface area (Å²) in [6, 6.07) is 0. The van der Waals surface area contributed by atoms with Gasteiger partial charge in [-0.3, -0.25) is 0 Å². The summed E-state index contributed by atoms with van der Waals surface area (Å²) in [5.74, 6) is 0.980. The van der Waals surface area contributed by atoms with Crippen molar-refractivity contribution in [1.82, 2.24) is 0 Å². The number of ether oxygens (including phenoxy) is 2. The van der Waals surface area contributed by atoms with E-state index in [4.69, 9.17) is 9.47 Å². The number of hydrogen-bond donors (Lipinski definition) is 0. The number of rotatable bonds is 1. The van der Waals surface area contributed by atoms with Crippen molar-refractivity contribution in [1.29, 1.82) is 0 Å². The average Bonchev–Trinajstić information content (AvgIpc) is 3.00. The van der Waals surface area contributed by atoms with E-state index in [1.165, 1.54) is 25.7 Å². The maximum atomic E-state index is 5.41. The molecule has 4 unspecified atom stereocenters. The zero-order valence-electron chi connectivity index (χ0n) is 8.66. The second-order valence-electron chi connectivity index (χ2n) is 4.44. The van der Waals surface area contributed by atoms with Crippen LogP contribution < -0.4 is 0 Å². The Morgan fingerprint density at radius 1 is 1.23 bits per heavy atom. The third kappa shape index (κ3) is 2.96. The van der Waals surface area contributed by atoms with E-state index in [1.807, 2.05) is 0 Å². The highest BCUT2D eigenvalue weighted by molar-refractivity contribution is 4.91. The van der Waals surface area contributed by atoms with Gasteiger partial charge in [0, 0.05) is 0 Å². The molecule has 1 saturated carbocycles. The fourth-order valence-electron chi connectivity index (χ4n) is 1.95. The molecule has 2 saturated heterocycles. The Morgan fingerprint density at radius 2 is 1.92 bits per heavy atom. The molecule has 0 N–H and O–H groups in total. The first-order valence-electron chi connectivity index (χ1n) is 5.56. The molecule has 3 fully saturated rings. The number of epoxide rings is 2. The lowest BCUT2D eigenvalue weighted by Crippen LogP contribution is -2.11. The van der Waals surface area contributed by atoms with Crippen LogP contribution in [0.25, 0.3) is 0 Å². The molecule has 76 valence electrons. The Morgan fingerprint density at radius 3 is 2.38 bits per heavy atom. The quantitative estimate of drug-likeness (QED) is 0.584. The van der Waals surface area contributed by atoms with E-state index < -0.39 is 0 Å². The van der Waals surface area contributed by atoms with Crippen LogP contribution in [0.15, 0.2) is 0 Å². The lowest BCUT2D eigenvalue weighted by Gasteiger charge is -2.15. The van der Waals surface area contributed by atoms with Gasteiger partial charge in [0.05, 0.1) is 24.9 Å². The van der Waals surface area contributed by atoms with Gasteiger partial charge in [-0.05, 0) is 32.1 Å². The summed E-state index contributed by atoms with van der Waals surface area (Å²) in [7, 11) is 0. The van der Waals surface area contributed by atoms with Gasteiger partial charge in [-0.1, -0.05) is 13.3 Å². The molecular weight excluding hydrogens is 164 g/mol. The van der Waals surface area contributed by atoms with Gasteiger partial charge >= 0.3 is 0 Å². The lowest BCUT2D eigenvalue weighted by atomic mass is 9.88. The Kier molecular flexibility index (Phi) is 2.89. The van der Waals surface area contributed by atoms with Crippen molar-refractivity contribution in [3.8, 4) is 0 Å². The Labute approximate surface area is 80.6 Å². The Bertz CT molecular complexity index is 165. The van der Waals surface area contributed by atoms with Crippen molar-refractivity contribution in [2.45, 2.75) is 57.8 Å².